The molecule has 0 aliphatic rings. The first-order valence-electron chi connectivity index (χ1n) is 7.94. The molecular formula is C17H25N3O4. The lowest BCUT2D eigenvalue weighted by Crippen LogP contribution is -2.54. The molecule has 132 valence electrons. The number of carboxylic acid groups (broad SMARTS) is 1. The second-order valence-electron chi connectivity index (χ2n) is 5.77. The Balaban J connectivity index is 2.81. The molecule has 0 saturated heterocycles. The lowest BCUT2D eigenvalue weighted by Gasteiger charge is -2.23. The third-order valence-corrected chi connectivity index (χ3v) is 3.89. The molecule has 2 amide bonds. The first-order valence-corrected chi connectivity index (χ1v) is 7.94. The fraction of sp³-hybridized carbons (Fsp3) is 0.471. The van der Waals surface area contributed by atoms with Crippen LogP contribution in [0.15, 0.2) is 30.3 Å². The van der Waals surface area contributed by atoms with Crippen molar-refractivity contribution in [3.8, 4) is 0 Å². The highest BCUT2D eigenvalue weighted by molar-refractivity contribution is 5.91. The van der Waals surface area contributed by atoms with Crippen molar-refractivity contribution < 1.29 is 19.5 Å². The van der Waals surface area contributed by atoms with Gasteiger partial charge in [-0.3, -0.25) is 14.4 Å². The highest BCUT2D eigenvalue weighted by atomic mass is 16.4. The quantitative estimate of drug-likeness (QED) is 0.517. The summed E-state index contributed by atoms with van der Waals surface area (Å²) in [5.41, 5.74) is 6.75. The fourth-order valence-electron chi connectivity index (χ4n) is 2.13. The Hall–Kier alpha value is -2.41. The summed E-state index contributed by atoms with van der Waals surface area (Å²) in [6.07, 6.45) is 0.994. The van der Waals surface area contributed by atoms with Gasteiger partial charge in [0.2, 0.25) is 11.8 Å². The summed E-state index contributed by atoms with van der Waals surface area (Å²) in [7, 11) is 0. The van der Waals surface area contributed by atoms with Gasteiger partial charge in [0.15, 0.2) is 0 Å². The number of benzene rings is 1. The Bertz CT molecular complexity index is 562. The minimum absolute atomic E-state index is 0.0237. The highest BCUT2D eigenvalue weighted by Crippen LogP contribution is 2.08. The first-order chi connectivity index (χ1) is 11.3. The number of nitrogens with two attached hydrogens (primary N) is 1. The van der Waals surface area contributed by atoms with Crippen LogP contribution in [0.4, 0.5) is 0 Å². The molecule has 0 fully saturated rings. The summed E-state index contributed by atoms with van der Waals surface area (Å²) < 4.78 is 0. The lowest BCUT2D eigenvalue weighted by atomic mass is 9.98. The smallest absolute Gasteiger partial charge is 0.322 e. The van der Waals surface area contributed by atoms with Crippen LogP contribution in [0, 0.1) is 5.92 Å². The first kappa shape index (κ1) is 19.6. The number of rotatable bonds is 9. The number of carbonyl (C=O) groups excluding carboxylic acids is 2. The molecule has 0 aromatic heterocycles. The van der Waals surface area contributed by atoms with Crippen molar-refractivity contribution in [2.24, 2.45) is 11.7 Å². The Kier molecular flexibility index (Phi) is 7.91. The number of amides is 2. The molecule has 3 atom stereocenters. The minimum atomic E-state index is -1.15. The summed E-state index contributed by atoms with van der Waals surface area (Å²) >= 11 is 0. The van der Waals surface area contributed by atoms with Gasteiger partial charge in [-0.1, -0.05) is 50.6 Å². The van der Waals surface area contributed by atoms with E-state index in [9.17, 15) is 14.4 Å². The summed E-state index contributed by atoms with van der Waals surface area (Å²) in [6, 6.07) is 7.56. The van der Waals surface area contributed by atoms with Crippen LogP contribution < -0.4 is 16.4 Å². The molecule has 0 aliphatic heterocycles. The van der Waals surface area contributed by atoms with Gasteiger partial charge in [-0.25, -0.2) is 0 Å². The third-order valence-electron chi connectivity index (χ3n) is 3.89. The molecule has 0 saturated carbocycles. The molecule has 0 unspecified atom stereocenters. The van der Waals surface area contributed by atoms with Crippen LogP contribution in [0.3, 0.4) is 0 Å². The summed E-state index contributed by atoms with van der Waals surface area (Å²) in [5, 5.41) is 13.6. The van der Waals surface area contributed by atoms with Crippen LogP contribution in [0.5, 0.6) is 0 Å². The molecule has 0 spiro atoms. The highest BCUT2D eigenvalue weighted by Gasteiger charge is 2.26. The summed E-state index contributed by atoms with van der Waals surface area (Å²) in [6.45, 7) is 3.29. The van der Waals surface area contributed by atoms with Gasteiger partial charge in [0, 0.05) is 6.42 Å². The zero-order valence-corrected chi connectivity index (χ0v) is 14.0. The maximum Gasteiger partial charge on any atom is 0.322 e. The molecule has 1 aromatic carbocycles. The fourth-order valence-corrected chi connectivity index (χ4v) is 2.13. The van der Waals surface area contributed by atoms with Gasteiger partial charge in [0.25, 0.3) is 0 Å². The van der Waals surface area contributed by atoms with Gasteiger partial charge < -0.3 is 21.5 Å². The molecule has 0 heterocycles. The number of carbonyl (C=O) groups is 3. The van der Waals surface area contributed by atoms with Crippen molar-refractivity contribution in [2.75, 3.05) is 6.54 Å². The van der Waals surface area contributed by atoms with Gasteiger partial charge in [-0.15, -0.1) is 0 Å². The monoisotopic (exact) mass is 335 g/mol. The molecule has 24 heavy (non-hydrogen) atoms. The number of carboxylic acids is 1. The second-order valence-corrected chi connectivity index (χ2v) is 5.77. The zero-order chi connectivity index (χ0) is 18.1. The van der Waals surface area contributed by atoms with E-state index in [0.717, 1.165) is 12.0 Å². The average molecular weight is 335 g/mol. The molecule has 7 heteroatoms. The Morgan fingerprint density at radius 3 is 2.33 bits per heavy atom. The SMILES string of the molecule is CC[C@H](C)[C@H](N)C(=O)N[C@@H](Cc1ccccc1)C(=O)NCC(=O)O. The minimum Gasteiger partial charge on any atom is -0.480 e. The van der Waals surface area contributed by atoms with E-state index in [2.05, 4.69) is 10.6 Å². The van der Waals surface area contributed by atoms with Gasteiger partial charge in [0.1, 0.15) is 12.6 Å². The van der Waals surface area contributed by atoms with Crippen LogP contribution >= 0.6 is 0 Å². The predicted molar refractivity (Wildman–Crippen MR) is 90.2 cm³/mol. The Morgan fingerprint density at radius 1 is 1.17 bits per heavy atom. The van der Waals surface area contributed by atoms with Crippen molar-refractivity contribution in [3.63, 3.8) is 0 Å². The maximum atomic E-state index is 12.3. The molecule has 1 aromatic rings. The van der Waals surface area contributed by atoms with Crippen LogP contribution in [0.1, 0.15) is 25.8 Å². The number of aliphatic carboxylic acids is 1. The van der Waals surface area contributed by atoms with E-state index in [1.807, 2.05) is 44.2 Å². The molecular weight excluding hydrogens is 310 g/mol. The molecule has 0 aliphatic carbocycles. The van der Waals surface area contributed by atoms with Crippen LogP contribution in [0.25, 0.3) is 0 Å². The van der Waals surface area contributed by atoms with Crippen molar-refractivity contribution in [1.82, 2.24) is 10.6 Å². The third kappa shape index (κ3) is 6.37. The van der Waals surface area contributed by atoms with Crippen LogP contribution in [-0.4, -0.2) is 41.5 Å². The van der Waals surface area contributed by atoms with Crippen molar-refractivity contribution in [2.45, 2.75) is 38.8 Å². The summed E-state index contributed by atoms with van der Waals surface area (Å²) in [5.74, 6) is -2.14. The van der Waals surface area contributed by atoms with E-state index in [0.29, 0.717) is 0 Å². The van der Waals surface area contributed by atoms with Crippen molar-refractivity contribution >= 4 is 17.8 Å². The van der Waals surface area contributed by atoms with Gasteiger partial charge in [-0.05, 0) is 11.5 Å². The van der Waals surface area contributed by atoms with E-state index in [1.54, 1.807) is 0 Å². The zero-order valence-electron chi connectivity index (χ0n) is 14.0. The normalized spacial score (nSPS) is 14.3. The van der Waals surface area contributed by atoms with E-state index in [4.69, 9.17) is 10.8 Å². The largest absolute Gasteiger partial charge is 0.480 e. The van der Waals surface area contributed by atoms with E-state index < -0.39 is 36.4 Å². The Labute approximate surface area is 141 Å². The topological polar surface area (TPSA) is 122 Å². The van der Waals surface area contributed by atoms with Gasteiger partial charge in [0.05, 0.1) is 6.04 Å². The molecule has 0 bridgehead atoms. The molecule has 0 radical (unpaired) electrons. The molecule has 7 nitrogen and oxygen atoms in total. The van der Waals surface area contributed by atoms with Crippen molar-refractivity contribution in [1.29, 1.82) is 0 Å². The summed E-state index contributed by atoms with van der Waals surface area (Å²) in [4.78, 5) is 35.1. The van der Waals surface area contributed by atoms with Gasteiger partial charge >= 0.3 is 5.97 Å². The average Bonchev–Trinajstić information content (AvgIpc) is 2.58. The number of hydrogen-bond acceptors (Lipinski definition) is 4. The van der Waals surface area contributed by atoms with Crippen LogP contribution in [0.2, 0.25) is 0 Å². The molecule has 5 N–H and O–H groups in total. The maximum absolute atomic E-state index is 12.3. The van der Waals surface area contributed by atoms with Crippen molar-refractivity contribution in [3.05, 3.63) is 35.9 Å². The van der Waals surface area contributed by atoms with Gasteiger partial charge in [-0.2, -0.15) is 0 Å². The van der Waals surface area contributed by atoms with E-state index >= 15 is 0 Å². The Morgan fingerprint density at radius 2 is 1.79 bits per heavy atom. The van der Waals surface area contributed by atoms with E-state index in [1.165, 1.54) is 0 Å². The standard InChI is InChI=1S/C17H25N3O4/c1-3-11(2)15(18)17(24)20-13(16(23)19-10-14(21)22)9-12-7-5-4-6-8-12/h4-8,11,13,15H,3,9-10,18H2,1-2H3,(H,19,23)(H,20,24)(H,21,22)/t11-,13-,15-/m0/s1. The number of nitrogens with one attached hydrogen (secondary N) is 2. The molecule has 1 rings (SSSR count). The van der Waals surface area contributed by atoms with Crippen LogP contribution in [-0.2, 0) is 20.8 Å². The second kappa shape index (κ2) is 9.67. The van der Waals surface area contributed by atoms with E-state index in [-0.39, 0.29) is 12.3 Å². The number of hydrogen-bond donors (Lipinski definition) is 4. The lowest BCUT2D eigenvalue weighted by molar-refractivity contribution is -0.138. The predicted octanol–water partition coefficient (Wildman–Crippen LogP) is 0.288.